The molecule has 0 spiro atoms. The van der Waals surface area contributed by atoms with Gasteiger partial charge in [-0.1, -0.05) is 30.3 Å². The van der Waals surface area contributed by atoms with Crippen LogP contribution in [0.2, 0.25) is 0 Å². The fraction of sp³-hybridized carbons (Fsp3) is 0.174. The number of fused-ring (bicyclic) bond motifs is 1. The van der Waals surface area contributed by atoms with Crippen molar-refractivity contribution in [1.29, 1.82) is 0 Å². The van der Waals surface area contributed by atoms with Gasteiger partial charge in [0.15, 0.2) is 5.54 Å². The van der Waals surface area contributed by atoms with Crippen LogP contribution in [-0.2, 0) is 16.9 Å². The Morgan fingerprint density at radius 3 is 2.58 bits per heavy atom. The highest BCUT2D eigenvalue weighted by Gasteiger charge is 2.50. The lowest BCUT2D eigenvalue weighted by molar-refractivity contribution is -0.124. The van der Waals surface area contributed by atoms with E-state index < -0.39 is 17.5 Å². The highest BCUT2D eigenvalue weighted by Crippen LogP contribution is 2.33. The lowest BCUT2D eigenvalue weighted by Gasteiger charge is -2.31. The van der Waals surface area contributed by atoms with E-state index in [9.17, 15) is 14.4 Å². The lowest BCUT2D eigenvalue weighted by atomic mass is 9.88. The van der Waals surface area contributed by atoms with Gasteiger partial charge < -0.3 is 15.0 Å². The van der Waals surface area contributed by atoms with Crippen LogP contribution in [-0.4, -0.2) is 46.0 Å². The van der Waals surface area contributed by atoms with Crippen molar-refractivity contribution in [3.05, 3.63) is 77.7 Å². The molecule has 33 heavy (non-hydrogen) atoms. The van der Waals surface area contributed by atoms with E-state index in [1.807, 2.05) is 0 Å². The first-order valence-electron chi connectivity index (χ1n) is 10.3. The maximum atomic E-state index is 13.1. The average Bonchev–Trinajstić information content (AvgIpc) is 3.30. The number of ether oxygens (including phenoxy) is 1. The van der Waals surface area contributed by atoms with Gasteiger partial charge in [-0.25, -0.2) is 4.79 Å². The monoisotopic (exact) mass is 444 g/mol. The minimum atomic E-state index is -1.42. The minimum absolute atomic E-state index is 0.00341. The maximum Gasteiger partial charge on any atom is 0.322 e. The number of nitrogens with two attached hydrogens (primary N) is 1. The molecule has 5 rings (SSSR count). The third kappa shape index (κ3) is 3.56. The highest BCUT2D eigenvalue weighted by atomic mass is 16.5. The Morgan fingerprint density at radius 1 is 1.09 bits per heavy atom. The van der Waals surface area contributed by atoms with Crippen LogP contribution in [0.1, 0.15) is 21.5 Å². The summed E-state index contributed by atoms with van der Waals surface area (Å²) in [4.78, 5) is 48.1. The summed E-state index contributed by atoms with van der Waals surface area (Å²) in [7, 11) is 0. The molecule has 1 fully saturated rings. The summed E-state index contributed by atoms with van der Waals surface area (Å²) in [6.07, 6.45) is 4.81. The molecule has 1 aromatic heterocycles. The number of urea groups is 1. The molecule has 2 aromatic carbocycles. The van der Waals surface area contributed by atoms with Gasteiger partial charge >= 0.3 is 6.03 Å². The Balaban J connectivity index is 1.46. The number of nitrogens with zero attached hydrogens (tertiary/aromatic N) is 3. The van der Waals surface area contributed by atoms with Crippen LogP contribution >= 0.6 is 0 Å². The lowest BCUT2D eigenvalue weighted by Crippen LogP contribution is -2.52. The summed E-state index contributed by atoms with van der Waals surface area (Å²) in [5, 5.41) is 5.04. The van der Waals surface area contributed by atoms with Crippen LogP contribution in [0.15, 0.2) is 61.1 Å². The Kier molecular flexibility index (Phi) is 4.98. The number of amides is 4. The number of hydrogen-bond donors (Lipinski definition) is 3. The molecule has 0 aliphatic carbocycles. The molecule has 1 atom stereocenters. The first kappa shape index (κ1) is 20.6. The van der Waals surface area contributed by atoms with Crippen LogP contribution in [0.25, 0.3) is 11.3 Å². The predicted molar refractivity (Wildman–Crippen MR) is 117 cm³/mol. The second-order valence-electron chi connectivity index (χ2n) is 7.77. The summed E-state index contributed by atoms with van der Waals surface area (Å²) >= 11 is 0. The molecule has 4 amide bonds. The molecule has 2 aliphatic heterocycles. The summed E-state index contributed by atoms with van der Waals surface area (Å²) in [6, 6.07) is 11.7. The molecule has 1 saturated heterocycles. The number of carbonyl (C=O) groups is 3. The minimum Gasteiger partial charge on any atom is -0.479 e. The molecule has 166 valence electrons. The maximum absolute atomic E-state index is 13.1. The van der Waals surface area contributed by atoms with E-state index in [-0.39, 0.29) is 19.2 Å². The van der Waals surface area contributed by atoms with Gasteiger partial charge in [0, 0.05) is 30.1 Å². The molecule has 4 N–H and O–H groups in total. The molecule has 0 bridgehead atoms. The number of hydrogen-bond acceptors (Lipinski definition) is 7. The highest BCUT2D eigenvalue weighted by molar-refractivity contribution is 6.08. The van der Waals surface area contributed by atoms with E-state index in [4.69, 9.17) is 10.5 Å². The molecule has 3 heterocycles. The quantitative estimate of drug-likeness (QED) is 0.382. The van der Waals surface area contributed by atoms with Crippen molar-refractivity contribution in [1.82, 2.24) is 25.5 Å². The second kappa shape index (κ2) is 7.99. The molecule has 10 heteroatoms. The zero-order valence-corrected chi connectivity index (χ0v) is 17.4. The van der Waals surface area contributed by atoms with Crippen molar-refractivity contribution in [3.63, 3.8) is 0 Å². The van der Waals surface area contributed by atoms with Crippen LogP contribution in [0.3, 0.4) is 0 Å². The molecule has 0 radical (unpaired) electrons. The Morgan fingerprint density at radius 2 is 1.91 bits per heavy atom. The fourth-order valence-corrected chi connectivity index (χ4v) is 4.21. The predicted octanol–water partition coefficient (Wildman–Crippen LogP) is 1.13. The van der Waals surface area contributed by atoms with E-state index in [1.54, 1.807) is 66.0 Å². The van der Waals surface area contributed by atoms with E-state index >= 15 is 0 Å². The van der Waals surface area contributed by atoms with E-state index in [0.29, 0.717) is 29.1 Å². The van der Waals surface area contributed by atoms with Crippen molar-refractivity contribution >= 4 is 17.8 Å². The molecule has 2 aliphatic rings. The van der Waals surface area contributed by atoms with Gasteiger partial charge in [0.25, 0.3) is 11.8 Å². The number of nitrogens with one attached hydrogen (secondary N) is 2. The Hall–Kier alpha value is -4.31. The molecular formula is C23H20N6O4. The number of aromatic nitrogens is 2. The van der Waals surface area contributed by atoms with Crippen LogP contribution < -0.4 is 21.1 Å². The number of benzene rings is 2. The van der Waals surface area contributed by atoms with Gasteiger partial charge in [0.1, 0.15) is 12.5 Å². The van der Waals surface area contributed by atoms with Gasteiger partial charge in [-0.15, -0.1) is 0 Å². The molecule has 10 nitrogen and oxygen atoms in total. The number of carbonyl (C=O) groups excluding carboxylic acids is 3. The molecule has 0 saturated carbocycles. The van der Waals surface area contributed by atoms with Crippen molar-refractivity contribution < 1.29 is 19.1 Å². The second-order valence-corrected chi connectivity index (χ2v) is 7.77. The smallest absolute Gasteiger partial charge is 0.322 e. The third-order valence-electron chi connectivity index (χ3n) is 5.82. The Bertz CT molecular complexity index is 1250. The van der Waals surface area contributed by atoms with E-state index in [1.165, 1.54) is 0 Å². The first-order valence-corrected chi connectivity index (χ1v) is 10.3. The zero-order valence-electron chi connectivity index (χ0n) is 17.4. The van der Waals surface area contributed by atoms with Gasteiger partial charge in [-0.2, -0.15) is 0 Å². The molecule has 3 aromatic rings. The topological polar surface area (TPSA) is 140 Å². The summed E-state index contributed by atoms with van der Waals surface area (Å²) in [5.41, 5.74) is 7.33. The van der Waals surface area contributed by atoms with E-state index in [2.05, 4.69) is 20.6 Å². The summed E-state index contributed by atoms with van der Waals surface area (Å²) in [6.45, 7) is 0.270. The summed E-state index contributed by atoms with van der Waals surface area (Å²) in [5.74, 6) is -0.277. The van der Waals surface area contributed by atoms with Crippen molar-refractivity contribution in [2.24, 2.45) is 5.73 Å². The average molecular weight is 444 g/mol. The van der Waals surface area contributed by atoms with Crippen LogP contribution in [0.5, 0.6) is 5.75 Å². The van der Waals surface area contributed by atoms with Crippen LogP contribution in [0, 0.1) is 0 Å². The van der Waals surface area contributed by atoms with Gasteiger partial charge in [-0.05, 0) is 23.3 Å². The van der Waals surface area contributed by atoms with Crippen molar-refractivity contribution in [3.8, 4) is 17.0 Å². The van der Waals surface area contributed by atoms with Crippen molar-refractivity contribution in [2.45, 2.75) is 12.1 Å². The standard InChI is InChI=1S/C23H20N6O4/c24-13-33-17-6-3-15-11-29(20(30)18(15)9-17)12-23(21(31)27-22(32)28-23)16-4-1-14(2-5-16)19-10-25-7-8-26-19/h1-10H,11-13,24H2,(H2,27,28,31,32)/t23-/m0/s1. The van der Waals surface area contributed by atoms with Gasteiger partial charge in [0.2, 0.25) is 0 Å². The third-order valence-corrected chi connectivity index (χ3v) is 5.82. The zero-order chi connectivity index (χ0) is 23.0. The number of imide groups is 1. The first-order chi connectivity index (χ1) is 16.0. The van der Waals surface area contributed by atoms with E-state index in [0.717, 1.165) is 11.1 Å². The molecule has 0 unspecified atom stereocenters. The largest absolute Gasteiger partial charge is 0.479 e. The molecular weight excluding hydrogens is 424 g/mol. The SMILES string of the molecule is NCOc1ccc2c(c1)C(=O)N(C[C@@]1(c3ccc(-c4cnccn4)cc3)NC(=O)NC1=O)C2. The van der Waals surface area contributed by atoms with Crippen LogP contribution in [0.4, 0.5) is 4.79 Å². The Labute approximate surface area is 188 Å². The van der Waals surface area contributed by atoms with Gasteiger partial charge in [-0.3, -0.25) is 30.6 Å². The normalized spacial score (nSPS) is 19.3. The fourth-order valence-electron chi connectivity index (χ4n) is 4.21. The van der Waals surface area contributed by atoms with Crippen molar-refractivity contribution in [2.75, 3.05) is 13.3 Å². The number of rotatable bonds is 6. The van der Waals surface area contributed by atoms with Gasteiger partial charge in [0.05, 0.1) is 18.4 Å². The summed E-state index contributed by atoms with van der Waals surface area (Å²) < 4.78 is 5.29.